The predicted octanol–water partition coefficient (Wildman–Crippen LogP) is 3.22. The quantitative estimate of drug-likeness (QED) is 0.667. The van der Waals surface area contributed by atoms with E-state index in [0.717, 1.165) is 27.6 Å². The summed E-state index contributed by atoms with van der Waals surface area (Å²) in [7, 11) is -4.16. The number of hydrogen-bond donors (Lipinski definition) is 1. The number of piperidine rings is 1. The molecule has 2 aromatic rings. The first-order chi connectivity index (χ1) is 14.8. The summed E-state index contributed by atoms with van der Waals surface area (Å²) in [6, 6.07) is 10.0. The summed E-state index contributed by atoms with van der Waals surface area (Å²) < 4.78 is 59.3. The second-order valence-electron chi connectivity index (χ2n) is 7.38. The average Bonchev–Trinajstić information content (AvgIpc) is 2.78. The zero-order chi connectivity index (χ0) is 22.4. The van der Waals surface area contributed by atoms with Crippen LogP contribution in [0.5, 0.6) is 0 Å². The third-order valence-electron chi connectivity index (χ3n) is 5.37. The molecule has 0 spiro atoms. The average molecular weight is 453 g/mol. The lowest BCUT2D eigenvalue weighted by Gasteiger charge is -2.30. The van der Waals surface area contributed by atoms with E-state index >= 15 is 0 Å². The Bertz CT molecular complexity index is 1020. The van der Waals surface area contributed by atoms with Crippen molar-refractivity contribution in [1.82, 2.24) is 9.62 Å². The lowest BCUT2D eigenvalue weighted by Crippen LogP contribution is -2.43. The topological polar surface area (TPSA) is 75.7 Å². The first-order valence-electron chi connectivity index (χ1n) is 10.2. The Balaban J connectivity index is 1.57. The van der Waals surface area contributed by atoms with Crippen molar-refractivity contribution in [1.29, 1.82) is 0 Å². The van der Waals surface area contributed by atoms with E-state index in [1.54, 1.807) is 0 Å². The minimum atomic E-state index is -4.16. The molecular formula is C22H26F2N2O4S. The van der Waals surface area contributed by atoms with Crippen molar-refractivity contribution < 1.29 is 26.7 Å². The number of hydrogen-bond acceptors (Lipinski definition) is 4. The van der Waals surface area contributed by atoms with Crippen LogP contribution in [-0.4, -0.2) is 38.3 Å². The van der Waals surface area contributed by atoms with Gasteiger partial charge in [-0.15, -0.1) is 0 Å². The highest BCUT2D eigenvalue weighted by atomic mass is 32.2. The maximum absolute atomic E-state index is 14.0. The number of rotatable bonds is 8. The molecule has 6 nitrogen and oxygen atoms in total. The number of halogens is 2. The molecular weight excluding hydrogens is 426 g/mol. The number of amides is 1. The number of nitrogens with one attached hydrogen (secondary N) is 1. The summed E-state index contributed by atoms with van der Waals surface area (Å²) in [5, 5.41) is 2.92. The van der Waals surface area contributed by atoms with Crippen LogP contribution in [0.25, 0.3) is 0 Å². The fraction of sp³-hybridized carbons (Fsp3) is 0.409. The molecule has 0 bridgehead atoms. The SMILES string of the molecule is CCOCc1ccccc1CNC(=O)C1CCN(S(=O)(=O)c2cc(F)ccc2F)CC1. The fourth-order valence-electron chi connectivity index (χ4n) is 3.58. The molecule has 1 amide bonds. The van der Waals surface area contributed by atoms with Crippen molar-refractivity contribution in [2.24, 2.45) is 5.92 Å². The van der Waals surface area contributed by atoms with Gasteiger partial charge in [0.05, 0.1) is 6.61 Å². The molecule has 1 saturated heterocycles. The Morgan fingerprint density at radius 3 is 2.48 bits per heavy atom. The second kappa shape index (κ2) is 10.3. The first-order valence-corrected chi connectivity index (χ1v) is 11.6. The van der Waals surface area contributed by atoms with E-state index < -0.39 is 26.6 Å². The van der Waals surface area contributed by atoms with Gasteiger partial charge in [-0.2, -0.15) is 4.31 Å². The monoisotopic (exact) mass is 452 g/mol. The number of nitrogens with zero attached hydrogens (tertiary/aromatic N) is 1. The van der Waals surface area contributed by atoms with Crippen molar-refractivity contribution in [3.05, 3.63) is 65.2 Å². The molecule has 1 aliphatic rings. The highest BCUT2D eigenvalue weighted by molar-refractivity contribution is 7.89. The third-order valence-corrected chi connectivity index (χ3v) is 7.28. The molecule has 3 rings (SSSR count). The number of carbonyl (C=O) groups is 1. The zero-order valence-electron chi connectivity index (χ0n) is 17.3. The summed E-state index contributed by atoms with van der Waals surface area (Å²) in [4.78, 5) is 11.9. The van der Waals surface area contributed by atoms with Crippen LogP contribution in [0.4, 0.5) is 8.78 Å². The lowest BCUT2D eigenvalue weighted by molar-refractivity contribution is -0.126. The molecule has 0 atom stereocenters. The van der Waals surface area contributed by atoms with Gasteiger partial charge in [0, 0.05) is 32.2 Å². The lowest BCUT2D eigenvalue weighted by atomic mass is 9.97. The van der Waals surface area contributed by atoms with Gasteiger partial charge in [-0.05, 0) is 49.1 Å². The van der Waals surface area contributed by atoms with E-state index in [0.29, 0.717) is 38.7 Å². The summed E-state index contributed by atoms with van der Waals surface area (Å²) in [6.07, 6.45) is 0.616. The highest BCUT2D eigenvalue weighted by Crippen LogP contribution is 2.26. The summed E-state index contributed by atoms with van der Waals surface area (Å²) in [5.74, 6) is -2.31. The van der Waals surface area contributed by atoms with Crippen LogP contribution in [0, 0.1) is 17.6 Å². The summed E-state index contributed by atoms with van der Waals surface area (Å²) in [5.41, 5.74) is 1.97. The third kappa shape index (κ3) is 5.66. The fourth-order valence-corrected chi connectivity index (χ4v) is 5.13. The smallest absolute Gasteiger partial charge is 0.246 e. The van der Waals surface area contributed by atoms with E-state index in [1.807, 2.05) is 31.2 Å². The van der Waals surface area contributed by atoms with Gasteiger partial charge in [-0.1, -0.05) is 24.3 Å². The van der Waals surface area contributed by atoms with Gasteiger partial charge in [-0.3, -0.25) is 4.79 Å². The van der Waals surface area contributed by atoms with E-state index in [1.165, 1.54) is 0 Å². The van der Waals surface area contributed by atoms with Gasteiger partial charge in [0.25, 0.3) is 0 Å². The van der Waals surface area contributed by atoms with Crippen LogP contribution in [-0.2, 0) is 32.7 Å². The molecule has 1 N–H and O–H groups in total. The number of ether oxygens (including phenoxy) is 1. The molecule has 1 fully saturated rings. The van der Waals surface area contributed by atoms with Crippen molar-refractivity contribution in [3.63, 3.8) is 0 Å². The van der Waals surface area contributed by atoms with Crippen LogP contribution in [0.2, 0.25) is 0 Å². The van der Waals surface area contributed by atoms with Crippen LogP contribution in [0.15, 0.2) is 47.4 Å². The standard InChI is InChI=1S/C22H26F2N2O4S/c1-2-30-15-18-6-4-3-5-17(18)14-25-22(27)16-9-11-26(12-10-16)31(28,29)21-13-19(23)7-8-20(21)24/h3-8,13,16H,2,9-12,14-15H2,1H3,(H,25,27). The first kappa shape index (κ1) is 23.3. The van der Waals surface area contributed by atoms with Crippen LogP contribution in [0.1, 0.15) is 30.9 Å². The minimum absolute atomic E-state index is 0.0668. The van der Waals surface area contributed by atoms with Crippen molar-refractivity contribution in [2.75, 3.05) is 19.7 Å². The molecule has 168 valence electrons. The van der Waals surface area contributed by atoms with Crippen molar-refractivity contribution in [3.8, 4) is 0 Å². The predicted molar refractivity (Wildman–Crippen MR) is 111 cm³/mol. The van der Waals surface area contributed by atoms with Crippen LogP contribution in [0.3, 0.4) is 0 Å². The largest absolute Gasteiger partial charge is 0.377 e. The van der Waals surface area contributed by atoms with E-state index in [9.17, 15) is 22.0 Å². The number of sulfonamides is 1. The van der Waals surface area contributed by atoms with Gasteiger partial charge in [-0.25, -0.2) is 17.2 Å². The molecule has 0 radical (unpaired) electrons. The van der Waals surface area contributed by atoms with Crippen molar-refractivity contribution >= 4 is 15.9 Å². The zero-order valence-corrected chi connectivity index (χ0v) is 18.1. The highest BCUT2D eigenvalue weighted by Gasteiger charge is 2.33. The number of benzene rings is 2. The maximum atomic E-state index is 14.0. The number of carbonyl (C=O) groups excluding carboxylic acids is 1. The molecule has 0 aromatic heterocycles. The van der Waals surface area contributed by atoms with Gasteiger partial charge in [0.15, 0.2) is 0 Å². The Labute approximate surface area is 181 Å². The Morgan fingerprint density at radius 1 is 1.13 bits per heavy atom. The van der Waals surface area contributed by atoms with Gasteiger partial charge < -0.3 is 10.1 Å². The van der Waals surface area contributed by atoms with Crippen molar-refractivity contribution in [2.45, 2.75) is 37.8 Å². The van der Waals surface area contributed by atoms with Gasteiger partial charge in [0.2, 0.25) is 15.9 Å². The molecule has 0 aliphatic carbocycles. The van der Waals surface area contributed by atoms with Crippen LogP contribution < -0.4 is 5.32 Å². The molecule has 2 aromatic carbocycles. The van der Waals surface area contributed by atoms with Gasteiger partial charge >= 0.3 is 0 Å². The van der Waals surface area contributed by atoms with E-state index in [2.05, 4.69) is 5.32 Å². The summed E-state index contributed by atoms with van der Waals surface area (Å²) in [6.45, 7) is 3.47. The Kier molecular flexibility index (Phi) is 7.74. The van der Waals surface area contributed by atoms with E-state index in [-0.39, 0.29) is 24.9 Å². The maximum Gasteiger partial charge on any atom is 0.246 e. The molecule has 0 unspecified atom stereocenters. The molecule has 0 saturated carbocycles. The minimum Gasteiger partial charge on any atom is -0.377 e. The molecule has 31 heavy (non-hydrogen) atoms. The van der Waals surface area contributed by atoms with Crippen LogP contribution >= 0.6 is 0 Å². The normalized spacial score (nSPS) is 15.7. The molecule has 1 aliphatic heterocycles. The second-order valence-corrected chi connectivity index (χ2v) is 9.28. The summed E-state index contributed by atoms with van der Waals surface area (Å²) >= 11 is 0. The Morgan fingerprint density at radius 2 is 1.81 bits per heavy atom. The molecule has 1 heterocycles. The van der Waals surface area contributed by atoms with Gasteiger partial charge in [0.1, 0.15) is 16.5 Å². The van der Waals surface area contributed by atoms with E-state index in [4.69, 9.17) is 4.74 Å². The molecule has 9 heteroatoms. The Hall–Kier alpha value is -2.36.